The van der Waals surface area contributed by atoms with E-state index < -0.39 is 0 Å². The van der Waals surface area contributed by atoms with Crippen molar-refractivity contribution >= 4 is 39.2 Å². The normalized spacial score (nSPS) is 18.4. The summed E-state index contributed by atoms with van der Waals surface area (Å²) in [5, 5.41) is 1.29. The fourth-order valence-electron chi connectivity index (χ4n) is 4.99. The molecule has 3 aromatic rings. The topological polar surface area (TPSA) is 64.4 Å². The molecule has 0 saturated carbocycles. The summed E-state index contributed by atoms with van der Waals surface area (Å²) in [6, 6.07) is 7.78. The molecule has 1 atom stereocenters. The van der Waals surface area contributed by atoms with Crippen molar-refractivity contribution in [3.8, 4) is 11.4 Å². The van der Waals surface area contributed by atoms with Crippen LogP contribution in [0, 0.1) is 0 Å². The molecule has 1 aliphatic heterocycles. The van der Waals surface area contributed by atoms with Gasteiger partial charge in [-0.15, -0.1) is 11.3 Å². The van der Waals surface area contributed by atoms with Crippen LogP contribution < -0.4 is 10.3 Å². The number of carbonyl (C=O) groups excluding carboxylic acids is 1. The van der Waals surface area contributed by atoms with E-state index in [0.29, 0.717) is 16.6 Å². The first-order valence-corrected chi connectivity index (χ1v) is 13.5. The molecule has 1 amide bonds. The van der Waals surface area contributed by atoms with Gasteiger partial charge in [0, 0.05) is 17.5 Å². The molecule has 2 aromatic heterocycles. The fraction of sp³-hybridized carbons (Fsp3) is 0.480. The Labute approximate surface area is 202 Å². The first kappa shape index (κ1) is 22.5. The van der Waals surface area contributed by atoms with Crippen molar-refractivity contribution < 1.29 is 9.53 Å². The standard InChI is InChI=1S/C25H29N3O3S2/c1-16-9-7-8-14-27(16)21(29)15-32-25-26-23-22(17-10-3-6-13-20(17)33-23)24(30)28(25)18-11-4-5-12-19(18)31-2/h4-5,11-12,16H,3,6-10,13-15H2,1-2H3/t16-/m0/s1. The zero-order chi connectivity index (χ0) is 22.9. The molecule has 8 heteroatoms. The van der Waals surface area contributed by atoms with Crippen LogP contribution in [0.1, 0.15) is 49.5 Å². The molecule has 174 valence electrons. The number of benzene rings is 1. The van der Waals surface area contributed by atoms with Crippen LogP contribution in [0.15, 0.2) is 34.2 Å². The Morgan fingerprint density at radius 2 is 2.03 bits per heavy atom. The third kappa shape index (κ3) is 4.19. The highest BCUT2D eigenvalue weighted by Gasteiger charge is 2.26. The summed E-state index contributed by atoms with van der Waals surface area (Å²) in [7, 11) is 1.61. The minimum atomic E-state index is -0.0646. The first-order chi connectivity index (χ1) is 16.1. The van der Waals surface area contributed by atoms with Gasteiger partial charge in [0.2, 0.25) is 5.91 Å². The molecule has 3 heterocycles. The molecule has 0 unspecified atom stereocenters. The number of para-hydroxylation sites is 2. The van der Waals surface area contributed by atoms with Gasteiger partial charge in [-0.2, -0.15) is 0 Å². The Bertz CT molecular complexity index is 1250. The average Bonchev–Trinajstić information content (AvgIpc) is 3.21. The van der Waals surface area contributed by atoms with Crippen molar-refractivity contribution in [1.29, 1.82) is 0 Å². The molecular weight excluding hydrogens is 454 g/mol. The summed E-state index contributed by atoms with van der Waals surface area (Å²) in [4.78, 5) is 35.9. The van der Waals surface area contributed by atoms with Crippen molar-refractivity contribution in [1.82, 2.24) is 14.5 Å². The number of likely N-dealkylation sites (tertiary alicyclic amines) is 1. The quantitative estimate of drug-likeness (QED) is 0.384. The minimum absolute atomic E-state index is 0.0646. The maximum Gasteiger partial charge on any atom is 0.267 e. The van der Waals surface area contributed by atoms with Gasteiger partial charge in [0.15, 0.2) is 5.16 Å². The van der Waals surface area contributed by atoms with Crippen LogP contribution in [-0.4, -0.2) is 45.8 Å². The molecule has 0 bridgehead atoms. The number of aryl methyl sites for hydroxylation is 2. The van der Waals surface area contributed by atoms with Crippen LogP contribution >= 0.6 is 23.1 Å². The fourth-order valence-corrected chi connectivity index (χ4v) is 7.18. The highest BCUT2D eigenvalue weighted by atomic mass is 32.2. The SMILES string of the molecule is COc1ccccc1-n1c(SCC(=O)N2CCCC[C@@H]2C)nc2sc3c(c2c1=O)CCCC3. The molecule has 5 rings (SSSR count). The van der Waals surface area contributed by atoms with Crippen molar-refractivity contribution in [2.75, 3.05) is 19.4 Å². The zero-order valence-corrected chi connectivity index (χ0v) is 20.8. The Morgan fingerprint density at radius 3 is 2.85 bits per heavy atom. The molecule has 6 nitrogen and oxygen atoms in total. The maximum atomic E-state index is 13.9. The number of hydrogen-bond acceptors (Lipinski definition) is 6. The summed E-state index contributed by atoms with van der Waals surface area (Å²) >= 11 is 2.99. The monoisotopic (exact) mass is 483 g/mol. The molecule has 0 spiro atoms. The van der Waals surface area contributed by atoms with Crippen molar-refractivity contribution in [2.24, 2.45) is 0 Å². The second kappa shape index (κ2) is 9.50. The number of thioether (sulfide) groups is 1. The van der Waals surface area contributed by atoms with Crippen LogP contribution in [0.3, 0.4) is 0 Å². The molecule has 0 radical (unpaired) electrons. The van der Waals surface area contributed by atoms with Gasteiger partial charge in [-0.3, -0.25) is 14.2 Å². The highest BCUT2D eigenvalue weighted by molar-refractivity contribution is 7.99. The number of fused-ring (bicyclic) bond motifs is 3. The van der Waals surface area contributed by atoms with E-state index >= 15 is 0 Å². The third-order valence-electron chi connectivity index (χ3n) is 6.73. The average molecular weight is 484 g/mol. The van der Waals surface area contributed by atoms with E-state index in [1.807, 2.05) is 29.2 Å². The summed E-state index contributed by atoms with van der Waals surface area (Å²) in [6.45, 7) is 2.93. The molecule has 1 fully saturated rings. The van der Waals surface area contributed by atoms with Crippen LogP contribution in [0.5, 0.6) is 5.75 Å². The van der Waals surface area contributed by atoms with Gasteiger partial charge in [0.05, 0.1) is 23.9 Å². The molecule has 1 aromatic carbocycles. The van der Waals surface area contributed by atoms with E-state index in [1.165, 1.54) is 23.1 Å². The van der Waals surface area contributed by atoms with Gasteiger partial charge >= 0.3 is 0 Å². The predicted octanol–water partition coefficient (Wildman–Crippen LogP) is 4.83. The number of aromatic nitrogens is 2. The number of ether oxygens (including phenoxy) is 1. The lowest BCUT2D eigenvalue weighted by molar-refractivity contribution is -0.131. The lowest BCUT2D eigenvalue weighted by atomic mass is 9.97. The van der Waals surface area contributed by atoms with E-state index in [9.17, 15) is 9.59 Å². The van der Waals surface area contributed by atoms with E-state index in [4.69, 9.17) is 9.72 Å². The van der Waals surface area contributed by atoms with Crippen LogP contribution in [0.25, 0.3) is 15.9 Å². The van der Waals surface area contributed by atoms with Crippen LogP contribution in [0.2, 0.25) is 0 Å². The summed E-state index contributed by atoms with van der Waals surface area (Å²) in [6.07, 6.45) is 7.47. The number of piperidine rings is 1. The Hall–Kier alpha value is -2.32. The molecule has 1 saturated heterocycles. The van der Waals surface area contributed by atoms with E-state index in [1.54, 1.807) is 23.0 Å². The number of carbonyl (C=O) groups is 1. The predicted molar refractivity (Wildman–Crippen MR) is 134 cm³/mol. The van der Waals surface area contributed by atoms with Gasteiger partial charge in [-0.25, -0.2) is 4.98 Å². The number of nitrogens with zero attached hydrogens (tertiary/aromatic N) is 3. The molecular formula is C25H29N3O3S2. The summed E-state index contributed by atoms with van der Waals surface area (Å²) in [5.74, 6) is 0.990. The van der Waals surface area contributed by atoms with Crippen molar-refractivity contribution in [2.45, 2.75) is 63.1 Å². The molecule has 33 heavy (non-hydrogen) atoms. The first-order valence-electron chi connectivity index (χ1n) is 11.7. The van der Waals surface area contributed by atoms with Gasteiger partial charge in [0.25, 0.3) is 5.56 Å². The smallest absolute Gasteiger partial charge is 0.267 e. The van der Waals surface area contributed by atoms with Gasteiger partial charge in [-0.05, 0) is 69.6 Å². The molecule has 0 N–H and O–H groups in total. The molecule has 2 aliphatic rings. The minimum Gasteiger partial charge on any atom is -0.495 e. The van der Waals surface area contributed by atoms with Gasteiger partial charge in [-0.1, -0.05) is 23.9 Å². The van der Waals surface area contributed by atoms with E-state index in [-0.39, 0.29) is 23.3 Å². The largest absolute Gasteiger partial charge is 0.495 e. The number of thiophene rings is 1. The molecule has 1 aliphatic carbocycles. The summed E-state index contributed by atoms with van der Waals surface area (Å²) < 4.78 is 7.23. The van der Waals surface area contributed by atoms with E-state index in [0.717, 1.165) is 60.8 Å². The van der Waals surface area contributed by atoms with E-state index in [2.05, 4.69) is 6.92 Å². The Kier molecular flexibility index (Phi) is 6.47. The second-order valence-electron chi connectivity index (χ2n) is 8.82. The highest BCUT2D eigenvalue weighted by Crippen LogP contribution is 2.36. The number of rotatable bonds is 5. The second-order valence-corrected chi connectivity index (χ2v) is 10.8. The maximum absolute atomic E-state index is 13.9. The van der Waals surface area contributed by atoms with Gasteiger partial charge < -0.3 is 9.64 Å². The Morgan fingerprint density at radius 1 is 1.21 bits per heavy atom. The number of hydrogen-bond donors (Lipinski definition) is 0. The third-order valence-corrected chi connectivity index (χ3v) is 8.84. The van der Waals surface area contributed by atoms with Crippen molar-refractivity contribution in [3.63, 3.8) is 0 Å². The lowest BCUT2D eigenvalue weighted by Gasteiger charge is -2.33. The number of amides is 1. The number of methoxy groups -OCH3 is 1. The zero-order valence-electron chi connectivity index (χ0n) is 19.1. The van der Waals surface area contributed by atoms with Crippen molar-refractivity contribution in [3.05, 3.63) is 45.1 Å². The lowest BCUT2D eigenvalue weighted by Crippen LogP contribution is -2.43. The van der Waals surface area contributed by atoms with Gasteiger partial charge in [0.1, 0.15) is 10.6 Å². The van der Waals surface area contributed by atoms with Crippen LogP contribution in [-0.2, 0) is 17.6 Å². The Balaban J connectivity index is 1.59. The van der Waals surface area contributed by atoms with Crippen LogP contribution in [0.4, 0.5) is 0 Å². The summed E-state index contributed by atoms with van der Waals surface area (Å²) in [5.41, 5.74) is 1.76.